The van der Waals surface area contributed by atoms with E-state index < -0.39 is 0 Å². The van der Waals surface area contributed by atoms with Gasteiger partial charge in [-0.05, 0) is 42.3 Å². The molecule has 3 aromatic rings. The molecule has 1 N–H and O–H groups in total. The third-order valence-electron chi connectivity index (χ3n) is 3.90. The highest BCUT2D eigenvalue weighted by Gasteiger charge is 2.07. The summed E-state index contributed by atoms with van der Waals surface area (Å²) in [6.07, 6.45) is 5.76. The van der Waals surface area contributed by atoms with Crippen LogP contribution in [0.4, 0.5) is 4.39 Å². The summed E-state index contributed by atoms with van der Waals surface area (Å²) in [5.74, 6) is 0.312. The number of aromatic nitrogens is 2. The van der Waals surface area contributed by atoms with Gasteiger partial charge in [-0.3, -0.25) is 4.79 Å². The van der Waals surface area contributed by atoms with Crippen LogP contribution in [0.15, 0.2) is 65.7 Å². The number of ether oxygens (including phenoxy) is 1. The lowest BCUT2D eigenvalue weighted by atomic mass is 10.2. The molecule has 3 rings (SSSR count). The predicted octanol–water partition coefficient (Wildman–Crippen LogP) is 4.25. The Morgan fingerprint density at radius 1 is 1.26 bits per heavy atom. The van der Waals surface area contributed by atoms with E-state index in [0.29, 0.717) is 30.7 Å². The van der Waals surface area contributed by atoms with Crippen molar-refractivity contribution in [3.05, 3.63) is 77.0 Å². The first-order valence-corrected chi connectivity index (χ1v) is 9.33. The van der Waals surface area contributed by atoms with Crippen molar-refractivity contribution in [2.75, 3.05) is 6.61 Å². The molecule has 5 nitrogen and oxygen atoms in total. The number of hydrogen-bond donors (Lipinski definition) is 1. The van der Waals surface area contributed by atoms with Crippen molar-refractivity contribution in [3.63, 3.8) is 0 Å². The van der Waals surface area contributed by atoms with Crippen LogP contribution < -0.4 is 10.1 Å². The smallest absolute Gasteiger partial charge is 0.220 e. The van der Waals surface area contributed by atoms with Gasteiger partial charge in [-0.25, -0.2) is 9.37 Å². The second-order valence-electron chi connectivity index (χ2n) is 5.94. The number of amides is 1. The molecule has 0 saturated carbocycles. The summed E-state index contributed by atoms with van der Waals surface area (Å²) in [6, 6.07) is 12.4. The Bertz CT molecular complexity index is 900. The van der Waals surface area contributed by atoms with Crippen molar-refractivity contribution in [1.82, 2.24) is 14.9 Å². The normalized spacial score (nSPS) is 10.6. The van der Waals surface area contributed by atoms with E-state index in [1.54, 1.807) is 29.1 Å². The maximum Gasteiger partial charge on any atom is 0.220 e. The van der Waals surface area contributed by atoms with Gasteiger partial charge in [0.15, 0.2) is 0 Å². The van der Waals surface area contributed by atoms with Gasteiger partial charge in [-0.15, -0.1) is 0 Å². The van der Waals surface area contributed by atoms with Gasteiger partial charge in [-0.2, -0.15) is 0 Å². The quantitative estimate of drug-likeness (QED) is 0.542. The number of nitrogens with zero attached hydrogens (tertiary/aromatic N) is 2. The van der Waals surface area contributed by atoms with E-state index in [-0.39, 0.29) is 18.3 Å². The molecule has 1 aromatic heterocycles. The highest BCUT2D eigenvalue weighted by Crippen LogP contribution is 2.18. The zero-order valence-electron chi connectivity index (χ0n) is 14.6. The van der Waals surface area contributed by atoms with Gasteiger partial charge >= 0.3 is 0 Å². The summed E-state index contributed by atoms with van der Waals surface area (Å²) in [7, 11) is 0. The van der Waals surface area contributed by atoms with Crippen LogP contribution >= 0.6 is 15.9 Å². The van der Waals surface area contributed by atoms with E-state index >= 15 is 0 Å². The third-order valence-corrected chi connectivity index (χ3v) is 4.39. The number of nitrogens with one attached hydrogen (secondary N) is 1. The first kappa shape index (κ1) is 19.1. The fourth-order valence-corrected chi connectivity index (χ4v) is 2.92. The molecule has 0 saturated heterocycles. The number of hydrogen-bond acceptors (Lipinski definition) is 3. The van der Waals surface area contributed by atoms with Crippen molar-refractivity contribution in [3.8, 4) is 11.4 Å². The van der Waals surface area contributed by atoms with Crippen LogP contribution in [0.25, 0.3) is 5.69 Å². The van der Waals surface area contributed by atoms with Gasteiger partial charge in [0, 0.05) is 29.8 Å². The van der Waals surface area contributed by atoms with Crippen LogP contribution in [-0.4, -0.2) is 22.1 Å². The van der Waals surface area contributed by atoms with Crippen LogP contribution in [0, 0.1) is 5.82 Å². The molecule has 0 aliphatic carbocycles. The summed E-state index contributed by atoms with van der Waals surface area (Å²) < 4.78 is 22.3. The third kappa shape index (κ3) is 5.65. The van der Waals surface area contributed by atoms with Gasteiger partial charge in [0.05, 0.1) is 18.6 Å². The lowest BCUT2D eigenvalue weighted by Crippen LogP contribution is -2.23. The average Bonchev–Trinajstić information content (AvgIpc) is 3.18. The fraction of sp³-hybridized carbons (Fsp3) is 0.200. The van der Waals surface area contributed by atoms with Crippen molar-refractivity contribution >= 4 is 21.8 Å². The molecule has 1 amide bonds. The SMILES string of the molecule is O=C(CCCOc1cccc(Br)c1)NCc1ccc(-n2ccnc2)c(F)c1. The van der Waals surface area contributed by atoms with Crippen molar-refractivity contribution in [1.29, 1.82) is 0 Å². The number of benzene rings is 2. The number of imidazole rings is 1. The molecule has 0 atom stereocenters. The van der Waals surface area contributed by atoms with Gasteiger partial charge in [0.25, 0.3) is 0 Å². The number of carbonyl (C=O) groups is 1. The second kappa shape index (κ2) is 9.32. The maximum atomic E-state index is 14.2. The van der Waals surface area contributed by atoms with Crippen LogP contribution in [0.5, 0.6) is 5.75 Å². The largest absolute Gasteiger partial charge is 0.494 e. The standard InChI is InChI=1S/C20H19BrFN3O2/c21-16-3-1-4-17(12-16)27-10-2-5-20(26)24-13-15-6-7-19(18(22)11-15)25-9-8-23-14-25/h1,3-4,6-9,11-12,14H,2,5,10,13H2,(H,24,26). The number of carbonyl (C=O) groups excluding carboxylic acids is 1. The zero-order chi connectivity index (χ0) is 19.1. The molecule has 140 valence electrons. The highest BCUT2D eigenvalue weighted by atomic mass is 79.9. The molecule has 2 aromatic carbocycles. The van der Waals surface area contributed by atoms with E-state index in [0.717, 1.165) is 10.2 Å². The Balaban J connectivity index is 1.40. The molecule has 0 bridgehead atoms. The van der Waals surface area contributed by atoms with Crippen LogP contribution in [0.3, 0.4) is 0 Å². The van der Waals surface area contributed by atoms with Gasteiger partial charge < -0.3 is 14.6 Å². The topological polar surface area (TPSA) is 56.1 Å². The Morgan fingerprint density at radius 3 is 2.89 bits per heavy atom. The second-order valence-corrected chi connectivity index (χ2v) is 6.86. The van der Waals surface area contributed by atoms with Crippen molar-refractivity contribution in [2.24, 2.45) is 0 Å². The minimum atomic E-state index is -0.359. The minimum absolute atomic E-state index is 0.0908. The summed E-state index contributed by atoms with van der Waals surface area (Å²) >= 11 is 3.38. The summed E-state index contributed by atoms with van der Waals surface area (Å²) in [5.41, 5.74) is 1.13. The molecule has 0 radical (unpaired) electrons. The van der Waals surface area contributed by atoms with Crippen molar-refractivity contribution < 1.29 is 13.9 Å². The molecular formula is C20H19BrFN3O2. The molecule has 0 unspecified atom stereocenters. The molecule has 0 spiro atoms. The highest BCUT2D eigenvalue weighted by molar-refractivity contribution is 9.10. The molecule has 0 fully saturated rings. The Labute approximate surface area is 165 Å². The van der Waals surface area contributed by atoms with Crippen LogP contribution in [0.2, 0.25) is 0 Å². The fourth-order valence-electron chi connectivity index (χ4n) is 2.54. The van der Waals surface area contributed by atoms with E-state index in [9.17, 15) is 9.18 Å². The minimum Gasteiger partial charge on any atom is -0.494 e. The predicted molar refractivity (Wildman–Crippen MR) is 104 cm³/mol. The lowest BCUT2D eigenvalue weighted by Gasteiger charge is -2.09. The van der Waals surface area contributed by atoms with Gasteiger partial charge in [0.2, 0.25) is 5.91 Å². The molecular weight excluding hydrogens is 413 g/mol. The summed E-state index contributed by atoms with van der Waals surface area (Å²) in [4.78, 5) is 15.8. The Morgan fingerprint density at radius 2 is 2.15 bits per heavy atom. The number of rotatable bonds is 8. The molecule has 1 heterocycles. The van der Waals surface area contributed by atoms with Crippen LogP contribution in [0.1, 0.15) is 18.4 Å². The van der Waals surface area contributed by atoms with E-state index in [4.69, 9.17) is 4.74 Å². The van der Waals surface area contributed by atoms with Gasteiger partial charge in [0.1, 0.15) is 11.6 Å². The molecule has 0 aliphatic rings. The Kier molecular flexibility index (Phi) is 6.59. The van der Waals surface area contributed by atoms with E-state index in [1.165, 1.54) is 12.4 Å². The van der Waals surface area contributed by atoms with Crippen molar-refractivity contribution in [2.45, 2.75) is 19.4 Å². The van der Waals surface area contributed by atoms with Gasteiger partial charge in [-0.1, -0.05) is 28.1 Å². The molecule has 7 heteroatoms. The summed E-state index contributed by atoms with van der Waals surface area (Å²) in [5, 5.41) is 2.80. The first-order chi connectivity index (χ1) is 13.1. The Hall–Kier alpha value is -2.67. The van der Waals surface area contributed by atoms with E-state index in [1.807, 2.05) is 24.3 Å². The lowest BCUT2D eigenvalue weighted by molar-refractivity contribution is -0.121. The maximum absolute atomic E-state index is 14.2. The number of halogens is 2. The monoisotopic (exact) mass is 431 g/mol. The molecule has 0 aliphatic heterocycles. The summed E-state index contributed by atoms with van der Waals surface area (Å²) in [6.45, 7) is 0.741. The van der Waals surface area contributed by atoms with Crippen LogP contribution in [-0.2, 0) is 11.3 Å². The average molecular weight is 432 g/mol. The van der Waals surface area contributed by atoms with E-state index in [2.05, 4.69) is 26.2 Å². The molecule has 27 heavy (non-hydrogen) atoms. The first-order valence-electron chi connectivity index (χ1n) is 8.53. The zero-order valence-corrected chi connectivity index (χ0v) is 16.2.